The summed E-state index contributed by atoms with van der Waals surface area (Å²) in [6, 6.07) is 12.8. The molecule has 0 spiro atoms. The molecule has 0 amide bonds. The normalized spacial score (nSPS) is 11.3. The topological polar surface area (TPSA) is 93.8 Å². The molecule has 0 heterocycles. The number of thiocarbonyl (C=S) groups is 1. The first-order valence-corrected chi connectivity index (χ1v) is 8.38. The molecule has 2 rings (SSSR count). The van der Waals surface area contributed by atoms with Crippen LogP contribution in [0.1, 0.15) is 11.1 Å². The van der Waals surface area contributed by atoms with Gasteiger partial charge in [0.2, 0.25) is 0 Å². The average Bonchev–Trinajstić information content (AvgIpc) is 2.49. The van der Waals surface area contributed by atoms with E-state index in [0.717, 1.165) is 11.1 Å². The molecule has 0 aliphatic rings. The molecule has 0 radical (unpaired) electrons. The van der Waals surface area contributed by atoms with Gasteiger partial charge in [0.05, 0.1) is 6.21 Å². The molecule has 8 heteroatoms. The van der Waals surface area contributed by atoms with Gasteiger partial charge in [-0.15, -0.1) is 0 Å². The van der Waals surface area contributed by atoms with E-state index in [1.165, 1.54) is 30.5 Å². The molecule has 120 valence electrons. The van der Waals surface area contributed by atoms with Crippen LogP contribution in [0.5, 0.6) is 5.75 Å². The van der Waals surface area contributed by atoms with Gasteiger partial charge in [-0.2, -0.15) is 13.5 Å². The third-order valence-electron chi connectivity index (χ3n) is 2.78. The predicted octanol–water partition coefficient (Wildman–Crippen LogP) is 1.93. The van der Waals surface area contributed by atoms with Crippen molar-refractivity contribution in [3.8, 4) is 5.75 Å². The van der Waals surface area contributed by atoms with Gasteiger partial charge in [0.15, 0.2) is 5.11 Å². The minimum absolute atomic E-state index is 0.0606. The van der Waals surface area contributed by atoms with E-state index >= 15 is 0 Å². The van der Waals surface area contributed by atoms with Gasteiger partial charge >= 0.3 is 10.1 Å². The average molecular weight is 349 g/mol. The molecular formula is C15H15N3O3S2. The number of nitrogens with two attached hydrogens (primary N) is 1. The molecule has 0 bridgehead atoms. The van der Waals surface area contributed by atoms with Crippen LogP contribution in [0.25, 0.3) is 0 Å². The number of nitrogens with one attached hydrogen (secondary N) is 1. The Balaban J connectivity index is 2.09. The lowest BCUT2D eigenvalue weighted by Gasteiger charge is -2.07. The largest absolute Gasteiger partial charge is 0.379 e. The number of hydrogen-bond acceptors (Lipinski definition) is 5. The summed E-state index contributed by atoms with van der Waals surface area (Å²) in [6.45, 7) is 1.88. The lowest BCUT2D eigenvalue weighted by molar-refractivity contribution is 0.486. The van der Waals surface area contributed by atoms with E-state index in [1.54, 1.807) is 24.3 Å². The van der Waals surface area contributed by atoms with Crippen LogP contribution in [0.4, 0.5) is 0 Å². The zero-order chi connectivity index (χ0) is 16.9. The van der Waals surface area contributed by atoms with Crippen molar-refractivity contribution in [3.63, 3.8) is 0 Å². The summed E-state index contributed by atoms with van der Waals surface area (Å²) in [5.74, 6) is 0.213. The molecular weight excluding hydrogens is 334 g/mol. The fourth-order valence-corrected chi connectivity index (χ4v) is 2.64. The van der Waals surface area contributed by atoms with Crippen molar-refractivity contribution in [1.82, 2.24) is 5.43 Å². The summed E-state index contributed by atoms with van der Waals surface area (Å²) in [5, 5.41) is 3.86. The SMILES string of the molecule is Cc1ccc(S(=O)(=O)Oc2ccc(/C=N/NC(N)=S)cc2)cc1. The number of hydrazone groups is 1. The second kappa shape index (κ2) is 7.21. The highest BCUT2D eigenvalue weighted by Gasteiger charge is 2.16. The predicted molar refractivity (Wildman–Crippen MR) is 92.9 cm³/mol. The van der Waals surface area contributed by atoms with Gasteiger partial charge < -0.3 is 9.92 Å². The number of benzene rings is 2. The number of nitrogens with zero attached hydrogens (tertiary/aromatic N) is 1. The van der Waals surface area contributed by atoms with Gasteiger partial charge in [-0.05, 0) is 61.1 Å². The zero-order valence-corrected chi connectivity index (χ0v) is 13.9. The Morgan fingerprint density at radius 3 is 2.35 bits per heavy atom. The summed E-state index contributed by atoms with van der Waals surface area (Å²) < 4.78 is 29.4. The van der Waals surface area contributed by atoms with Gasteiger partial charge in [-0.3, -0.25) is 5.43 Å². The van der Waals surface area contributed by atoms with Crippen molar-refractivity contribution in [1.29, 1.82) is 0 Å². The summed E-state index contributed by atoms with van der Waals surface area (Å²) >= 11 is 4.61. The summed E-state index contributed by atoms with van der Waals surface area (Å²) in [6.07, 6.45) is 1.50. The Bertz CT molecular complexity index is 814. The van der Waals surface area contributed by atoms with Crippen molar-refractivity contribution in [2.45, 2.75) is 11.8 Å². The van der Waals surface area contributed by atoms with Crippen molar-refractivity contribution in [2.75, 3.05) is 0 Å². The smallest absolute Gasteiger partial charge is 0.339 e. The van der Waals surface area contributed by atoms with Crippen molar-refractivity contribution < 1.29 is 12.6 Å². The van der Waals surface area contributed by atoms with Gasteiger partial charge in [0, 0.05) is 0 Å². The van der Waals surface area contributed by atoms with Crippen LogP contribution < -0.4 is 15.3 Å². The molecule has 0 aliphatic heterocycles. The Morgan fingerprint density at radius 1 is 1.17 bits per heavy atom. The zero-order valence-electron chi connectivity index (χ0n) is 12.3. The molecule has 0 saturated carbocycles. The molecule has 0 aliphatic carbocycles. The highest BCUT2D eigenvalue weighted by atomic mass is 32.2. The Hall–Kier alpha value is -2.45. The second-order valence-corrected chi connectivity index (χ2v) is 6.64. The first-order valence-electron chi connectivity index (χ1n) is 6.56. The maximum Gasteiger partial charge on any atom is 0.339 e. The molecule has 0 unspecified atom stereocenters. The molecule has 0 saturated heterocycles. The van der Waals surface area contributed by atoms with Crippen LogP contribution in [0.3, 0.4) is 0 Å². The van der Waals surface area contributed by atoms with Gasteiger partial charge in [0.25, 0.3) is 0 Å². The van der Waals surface area contributed by atoms with Crippen LogP contribution in [-0.4, -0.2) is 19.7 Å². The van der Waals surface area contributed by atoms with E-state index in [0.29, 0.717) is 0 Å². The van der Waals surface area contributed by atoms with E-state index in [1.807, 2.05) is 6.92 Å². The fraction of sp³-hybridized carbons (Fsp3) is 0.0667. The first-order chi connectivity index (χ1) is 10.9. The van der Waals surface area contributed by atoms with Crippen molar-refractivity contribution in [3.05, 3.63) is 59.7 Å². The van der Waals surface area contributed by atoms with E-state index in [-0.39, 0.29) is 15.8 Å². The number of aryl methyl sites for hydroxylation is 1. The van der Waals surface area contributed by atoms with Crippen molar-refractivity contribution in [2.24, 2.45) is 10.8 Å². The van der Waals surface area contributed by atoms with Gasteiger partial charge in [-0.25, -0.2) is 0 Å². The molecule has 2 aromatic rings. The fourth-order valence-electron chi connectivity index (χ4n) is 1.66. The van der Waals surface area contributed by atoms with E-state index in [9.17, 15) is 8.42 Å². The highest BCUT2D eigenvalue weighted by Crippen LogP contribution is 2.19. The summed E-state index contributed by atoms with van der Waals surface area (Å²) in [5.41, 5.74) is 9.36. The third kappa shape index (κ3) is 5.04. The van der Waals surface area contributed by atoms with Crippen LogP contribution in [0, 0.1) is 6.92 Å². The molecule has 0 atom stereocenters. The van der Waals surface area contributed by atoms with Crippen LogP contribution in [-0.2, 0) is 10.1 Å². The maximum atomic E-state index is 12.2. The molecule has 23 heavy (non-hydrogen) atoms. The second-order valence-electron chi connectivity index (χ2n) is 4.65. The summed E-state index contributed by atoms with van der Waals surface area (Å²) in [7, 11) is -3.85. The molecule has 3 N–H and O–H groups in total. The quantitative estimate of drug-likeness (QED) is 0.371. The number of hydrogen-bond donors (Lipinski definition) is 2. The first kappa shape index (κ1) is 16.9. The molecule has 2 aromatic carbocycles. The third-order valence-corrected chi connectivity index (χ3v) is 4.14. The Labute approximate surface area is 140 Å². The minimum Gasteiger partial charge on any atom is -0.379 e. The van der Waals surface area contributed by atoms with E-state index in [2.05, 4.69) is 22.7 Å². The van der Waals surface area contributed by atoms with E-state index in [4.69, 9.17) is 9.92 Å². The van der Waals surface area contributed by atoms with Gasteiger partial charge in [0.1, 0.15) is 10.6 Å². The van der Waals surface area contributed by atoms with E-state index < -0.39 is 10.1 Å². The Morgan fingerprint density at radius 2 is 1.78 bits per heavy atom. The lowest BCUT2D eigenvalue weighted by Crippen LogP contribution is -2.23. The van der Waals surface area contributed by atoms with Gasteiger partial charge in [-0.1, -0.05) is 17.7 Å². The van der Waals surface area contributed by atoms with Crippen LogP contribution in [0.2, 0.25) is 0 Å². The Kier molecular flexibility index (Phi) is 5.30. The van der Waals surface area contributed by atoms with Crippen molar-refractivity contribution >= 4 is 33.7 Å². The minimum atomic E-state index is -3.85. The monoisotopic (exact) mass is 349 g/mol. The molecule has 6 nitrogen and oxygen atoms in total. The molecule has 0 aromatic heterocycles. The maximum absolute atomic E-state index is 12.2. The summed E-state index contributed by atoms with van der Waals surface area (Å²) in [4.78, 5) is 0.106. The van der Waals surface area contributed by atoms with Crippen LogP contribution >= 0.6 is 12.2 Å². The lowest BCUT2D eigenvalue weighted by atomic mass is 10.2. The highest BCUT2D eigenvalue weighted by molar-refractivity contribution is 7.87. The standard InChI is InChI=1S/C15H15N3O3S2/c1-11-2-8-14(9-3-11)23(19,20)21-13-6-4-12(5-7-13)10-17-18-15(16)22/h2-10H,1H3,(H3,16,18,22)/b17-10+. The van der Waals surface area contributed by atoms with Crippen LogP contribution in [0.15, 0.2) is 58.5 Å². The number of rotatable bonds is 5. The molecule has 0 fully saturated rings.